The molecule has 126 valence electrons. The third kappa shape index (κ3) is 3.87. The Morgan fingerprint density at radius 2 is 2.09 bits per heavy atom. The average Bonchev–Trinajstić information content (AvgIpc) is 2.96. The number of aromatic nitrogens is 3. The molecule has 0 spiro atoms. The summed E-state index contributed by atoms with van der Waals surface area (Å²) in [6.45, 7) is 9.37. The lowest BCUT2D eigenvalue weighted by molar-refractivity contribution is 0.300. The van der Waals surface area contributed by atoms with E-state index in [1.807, 2.05) is 13.8 Å². The number of rotatable bonds is 6. The Morgan fingerprint density at radius 3 is 2.73 bits per heavy atom. The topological polar surface area (TPSA) is 68.1 Å². The van der Waals surface area contributed by atoms with Gasteiger partial charge >= 0.3 is 0 Å². The van der Waals surface area contributed by atoms with Crippen molar-refractivity contribution in [3.05, 3.63) is 12.2 Å². The van der Waals surface area contributed by atoms with Crippen LogP contribution in [0.15, 0.2) is 6.33 Å². The first-order valence-corrected chi connectivity index (χ1v) is 9.83. The Bertz CT molecular complexity index is 582. The molecule has 2 rings (SSSR count). The largest absolute Gasteiger partial charge is 0.315 e. The van der Waals surface area contributed by atoms with Crippen molar-refractivity contribution in [1.82, 2.24) is 19.1 Å². The van der Waals surface area contributed by atoms with Gasteiger partial charge in [0.15, 0.2) is 0 Å². The molecule has 1 fully saturated rings. The van der Waals surface area contributed by atoms with Crippen LogP contribution in [0.2, 0.25) is 0 Å². The third-order valence-corrected chi connectivity index (χ3v) is 6.60. The summed E-state index contributed by atoms with van der Waals surface area (Å²) in [7, 11) is -3.18. The smallest absolute Gasteiger partial charge is 0.214 e. The molecule has 2 heterocycles. The molecule has 1 aliphatic heterocycles. The normalized spacial score (nSPS) is 22.1. The summed E-state index contributed by atoms with van der Waals surface area (Å²) in [6.07, 6.45) is 4.49. The van der Waals surface area contributed by atoms with Crippen LogP contribution in [0.5, 0.6) is 0 Å². The van der Waals surface area contributed by atoms with Crippen LogP contribution in [0.3, 0.4) is 0 Å². The van der Waals surface area contributed by atoms with Crippen molar-refractivity contribution in [3.63, 3.8) is 0 Å². The number of hydrogen-bond donors (Lipinski definition) is 0. The lowest BCUT2D eigenvalue weighted by Crippen LogP contribution is -2.41. The van der Waals surface area contributed by atoms with E-state index in [0.717, 1.165) is 25.1 Å². The van der Waals surface area contributed by atoms with E-state index in [4.69, 9.17) is 0 Å². The van der Waals surface area contributed by atoms with Crippen molar-refractivity contribution < 1.29 is 8.42 Å². The first-order chi connectivity index (χ1) is 10.3. The minimum Gasteiger partial charge on any atom is -0.315 e. The monoisotopic (exact) mass is 328 g/mol. The van der Waals surface area contributed by atoms with Gasteiger partial charge in [-0.25, -0.2) is 12.7 Å². The standard InChI is InChI=1S/C15H28N4O2S/c1-5-13(4)10-22(20,21)18-8-6-7-14(9-18)15-17-16-11-19(15)12(2)3/h11-14H,5-10H2,1-4H3. The maximum Gasteiger partial charge on any atom is 0.214 e. The van der Waals surface area contributed by atoms with Crippen LogP contribution in [0, 0.1) is 5.92 Å². The molecule has 2 unspecified atom stereocenters. The summed E-state index contributed by atoms with van der Waals surface area (Å²) < 4.78 is 28.9. The van der Waals surface area contributed by atoms with Crippen molar-refractivity contribution in [2.24, 2.45) is 5.92 Å². The molecular formula is C15H28N4O2S. The van der Waals surface area contributed by atoms with Gasteiger partial charge in [0.1, 0.15) is 12.2 Å². The first-order valence-electron chi connectivity index (χ1n) is 8.22. The van der Waals surface area contributed by atoms with E-state index in [-0.39, 0.29) is 23.6 Å². The fourth-order valence-corrected chi connectivity index (χ4v) is 4.91. The molecule has 0 radical (unpaired) electrons. The summed E-state index contributed by atoms with van der Waals surface area (Å²) >= 11 is 0. The van der Waals surface area contributed by atoms with Crippen molar-refractivity contribution in [3.8, 4) is 0 Å². The molecule has 1 aromatic heterocycles. The molecule has 6 nitrogen and oxygen atoms in total. The van der Waals surface area contributed by atoms with Gasteiger partial charge < -0.3 is 4.57 Å². The summed E-state index contributed by atoms with van der Waals surface area (Å²) in [5.74, 6) is 1.50. The van der Waals surface area contributed by atoms with E-state index in [1.165, 1.54) is 0 Å². The van der Waals surface area contributed by atoms with Gasteiger partial charge in [-0.3, -0.25) is 0 Å². The Morgan fingerprint density at radius 1 is 1.36 bits per heavy atom. The lowest BCUT2D eigenvalue weighted by atomic mass is 9.98. The lowest BCUT2D eigenvalue weighted by Gasteiger charge is -2.32. The van der Waals surface area contributed by atoms with Gasteiger partial charge in [-0.2, -0.15) is 0 Å². The SMILES string of the molecule is CCC(C)CS(=O)(=O)N1CCCC(c2nncn2C(C)C)C1. The molecule has 1 aliphatic rings. The van der Waals surface area contributed by atoms with Crippen LogP contribution in [0.4, 0.5) is 0 Å². The molecule has 22 heavy (non-hydrogen) atoms. The molecule has 0 bridgehead atoms. The number of hydrogen-bond acceptors (Lipinski definition) is 4. The van der Waals surface area contributed by atoms with Crippen molar-refractivity contribution in [2.45, 2.75) is 58.9 Å². The summed E-state index contributed by atoms with van der Waals surface area (Å²) in [5.41, 5.74) is 0. The van der Waals surface area contributed by atoms with Crippen molar-refractivity contribution in [2.75, 3.05) is 18.8 Å². The van der Waals surface area contributed by atoms with Gasteiger partial charge in [-0.1, -0.05) is 20.3 Å². The van der Waals surface area contributed by atoms with Crippen LogP contribution in [0.25, 0.3) is 0 Å². The van der Waals surface area contributed by atoms with E-state index in [2.05, 4.69) is 28.6 Å². The maximum absolute atomic E-state index is 12.6. The van der Waals surface area contributed by atoms with Gasteiger partial charge in [0.05, 0.1) is 5.75 Å². The predicted octanol–water partition coefficient (Wildman–Crippen LogP) is 2.41. The molecule has 0 N–H and O–H groups in total. The predicted molar refractivity (Wildman–Crippen MR) is 87.2 cm³/mol. The minimum atomic E-state index is -3.18. The van der Waals surface area contributed by atoms with Gasteiger partial charge in [0, 0.05) is 25.0 Å². The zero-order valence-electron chi connectivity index (χ0n) is 14.1. The van der Waals surface area contributed by atoms with Crippen molar-refractivity contribution >= 4 is 10.0 Å². The fraction of sp³-hybridized carbons (Fsp3) is 0.867. The van der Waals surface area contributed by atoms with Crippen LogP contribution in [0.1, 0.15) is 64.7 Å². The Hall–Kier alpha value is -0.950. The van der Waals surface area contributed by atoms with Crippen LogP contribution < -0.4 is 0 Å². The van der Waals surface area contributed by atoms with Gasteiger partial charge in [0.25, 0.3) is 0 Å². The Balaban J connectivity index is 2.13. The van der Waals surface area contributed by atoms with Crippen LogP contribution >= 0.6 is 0 Å². The van der Waals surface area contributed by atoms with E-state index < -0.39 is 10.0 Å². The van der Waals surface area contributed by atoms with Gasteiger partial charge in [0.2, 0.25) is 10.0 Å². The summed E-state index contributed by atoms with van der Waals surface area (Å²) in [4.78, 5) is 0. The number of nitrogens with zero attached hydrogens (tertiary/aromatic N) is 4. The van der Waals surface area contributed by atoms with Crippen molar-refractivity contribution in [1.29, 1.82) is 0 Å². The zero-order valence-corrected chi connectivity index (χ0v) is 14.9. The Labute approximate surface area is 134 Å². The molecule has 0 aliphatic carbocycles. The molecule has 0 saturated carbocycles. The Kier molecular flexibility index (Phi) is 5.60. The fourth-order valence-electron chi connectivity index (χ4n) is 2.93. The van der Waals surface area contributed by atoms with E-state index in [9.17, 15) is 8.42 Å². The summed E-state index contributed by atoms with van der Waals surface area (Å²) in [6, 6.07) is 0.289. The highest BCUT2D eigenvalue weighted by atomic mass is 32.2. The highest BCUT2D eigenvalue weighted by Gasteiger charge is 2.32. The second-order valence-electron chi connectivity index (χ2n) is 6.68. The van der Waals surface area contributed by atoms with E-state index in [0.29, 0.717) is 13.1 Å². The van der Waals surface area contributed by atoms with Crippen LogP contribution in [-0.4, -0.2) is 46.3 Å². The highest BCUT2D eigenvalue weighted by molar-refractivity contribution is 7.89. The number of piperidine rings is 1. The molecule has 0 amide bonds. The first kappa shape index (κ1) is 17.4. The molecular weight excluding hydrogens is 300 g/mol. The molecule has 2 atom stereocenters. The molecule has 7 heteroatoms. The number of sulfonamides is 1. The quantitative estimate of drug-likeness (QED) is 0.804. The van der Waals surface area contributed by atoms with E-state index in [1.54, 1.807) is 10.6 Å². The second kappa shape index (κ2) is 7.08. The van der Waals surface area contributed by atoms with Crippen LogP contribution in [-0.2, 0) is 10.0 Å². The minimum absolute atomic E-state index is 0.144. The molecule has 0 aromatic carbocycles. The maximum atomic E-state index is 12.6. The third-order valence-electron chi connectivity index (χ3n) is 4.49. The van der Waals surface area contributed by atoms with E-state index >= 15 is 0 Å². The highest BCUT2D eigenvalue weighted by Crippen LogP contribution is 2.29. The van der Waals surface area contributed by atoms with Gasteiger partial charge in [-0.05, 0) is 32.6 Å². The second-order valence-corrected chi connectivity index (χ2v) is 8.69. The summed E-state index contributed by atoms with van der Waals surface area (Å²) in [5, 5.41) is 8.26. The molecule has 1 aromatic rings. The van der Waals surface area contributed by atoms with Gasteiger partial charge in [-0.15, -0.1) is 10.2 Å². The zero-order chi connectivity index (χ0) is 16.3. The molecule has 1 saturated heterocycles. The average molecular weight is 328 g/mol.